The van der Waals surface area contributed by atoms with Crippen molar-refractivity contribution in [2.45, 2.75) is 51.7 Å². The number of ether oxygens (including phenoxy) is 1. The summed E-state index contributed by atoms with van der Waals surface area (Å²) in [4.78, 5) is 2.71. The van der Waals surface area contributed by atoms with Crippen LogP contribution in [0.1, 0.15) is 49.9 Å². The first kappa shape index (κ1) is 13.1. The van der Waals surface area contributed by atoms with Crippen LogP contribution >= 0.6 is 11.3 Å². The summed E-state index contributed by atoms with van der Waals surface area (Å²) in [6.45, 7) is 9.73. The normalized spacial score (nSPS) is 27.4. The van der Waals surface area contributed by atoms with Crippen LogP contribution in [0.5, 0.6) is 0 Å². The lowest BCUT2D eigenvalue weighted by Crippen LogP contribution is -2.25. The van der Waals surface area contributed by atoms with Crippen LogP contribution in [0.15, 0.2) is 12.1 Å². The lowest BCUT2D eigenvalue weighted by molar-refractivity contribution is 0.0998. The Morgan fingerprint density at radius 1 is 1.41 bits per heavy atom. The van der Waals surface area contributed by atoms with Crippen LogP contribution in [0, 0.1) is 5.92 Å². The molecule has 0 radical (unpaired) electrons. The summed E-state index contributed by atoms with van der Waals surface area (Å²) < 4.78 is 5.61. The minimum atomic E-state index is 0.133. The Kier molecular flexibility index (Phi) is 3.62. The molecule has 2 nitrogen and oxygen atoms in total. The number of thiophene rings is 1. The van der Waals surface area contributed by atoms with Gasteiger partial charge in [0.15, 0.2) is 0 Å². The molecule has 1 aliphatic heterocycles. The number of nitrogens with two attached hydrogens (primary N) is 1. The maximum Gasteiger partial charge on any atom is 0.0594 e. The Morgan fingerprint density at radius 2 is 2.12 bits per heavy atom. The van der Waals surface area contributed by atoms with Crippen molar-refractivity contribution < 1.29 is 4.74 Å². The van der Waals surface area contributed by atoms with E-state index >= 15 is 0 Å². The molecule has 0 spiro atoms. The monoisotopic (exact) mass is 253 g/mol. The van der Waals surface area contributed by atoms with E-state index in [0.717, 1.165) is 13.0 Å². The molecular formula is C14H23NOS. The van der Waals surface area contributed by atoms with Gasteiger partial charge in [-0.05, 0) is 30.9 Å². The second-order valence-electron chi connectivity index (χ2n) is 6.01. The highest BCUT2D eigenvalue weighted by Gasteiger charge is 2.31. The Balaban J connectivity index is 2.14. The third-order valence-corrected chi connectivity index (χ3v) is 5.20. The summed E-state index contributed by atoms with van der Waals surface area (Å²) in [6, 6.07) is 4.55. The van der Waals surface area contributed by atoms with Crippen molar-refractivity contribution in [2.75, 3.05) is 6.61 Å². The lowest BCUT2D eigenvalue weighted by atomic mass is 9.92. The van der Waals surface area contributed by atoms with Crippen LogP contribution in [-0.2, 0) is 10.2 Å². The van der Waals surface area contributed by atoms with Crippen molar-refractivity contribution in [3.05, 3.63) is 21.9 Å². The number of hydrogen-bond acceptors (Lipinski definition) is 3. The molecule has 3 unspecified atom stereocenters. The number of rotatable bonds is 2. The van der Waals surface area contributed by atoms with Gasteiger partial charge >= 0.3 is 0 Å². The zero-order valence-electron chi connectivity index (χ0n) is 11.2. The molecular weight excluding hydrogens is 230 g/mol. The number of hydrogen-bond donors (Lipinski definition) is 1. The van der Waals surface area contributed by atoms with Crippen LogP contribution in [0.25, 0.3) is 0 Å². The van der Waals surface area contributed by atoms with E-state index in [4.69, 9.17) is 10.5 Å². The Bertz CT molecular complexity index is 380. The molecule has 3 atom stereocenters. The van der Waals surface area contributed by atoms with E-state index in [0.29, 0.717) is 12.0 Å². The Morgan fingerprint density at radius 3 is 2.59 bits per heavy atom. The van der Waals surface area contributed by atoms with E-state index in [2.05, 4.69) is 39.8 Å². The fraction of sp³-hybridized carbons (Fsp3) is 0.714. The molecule has 1 aliphatic rings. The molecule has 1 aromatic rings. The van der Waals surface area contributed by atoms with Crippen molar-refractivity contribution >= 4 is 11.3 Å². The highest BCUT2D eigenvalue weighted by Crippen LogP contribution is 2.37. The molecule has 1 fully saturated rings. The summed E-state index contributed by atoms with van der Waals surface area (Å²) >= 11 is 1.86. The van der Waals surface area contributed by atoms with E-state index in [-0.39, 0.29) is 11.5 Å². The van der Waals surface area contributed by atoms with E-state index in [1.807, 2.05) is 11.3 Å². The van der Waals surface area contributed by atoms with Crippen LogP contribution in [0.3, 0.4) is 0 Å². The predicted octanol–water partition coefficient (Wildman–Crippen LogP) is 3.47. The maximum atomic E-state index is 6.38. The predicted molar refractivity (Wildman–Crippen MR) is 73.5 cm³/mol. The molecule has 3 heteroatoms. The van der Waals surface area contributed by atoms with Gasteiger partial charge in [-0.2, -0.15) is 0 Å². The highest BCUT2D eigenvalue weighted by atomic mass is 32.1. The summed E-state index contributed by atoms with van der Waals surface area (Å²) in [5.41, 5.74) is 6.60. The topological polar surface area (TPSA) is 35.2 Å². The third-order valence-electron chi connectivity index (χ3n) is 3.59. The van der Waals surface area contributed by atoms with Crippen LogP contribution in [0.4, 0.5) is 0 Å². The molecule has 96 valence electrons. The zero-order valence-corrected chi connectivity index (χ0v) is 12.0. The minimum Gasteiger partial charge on any atom is -0.378 e. The first-order chi connectivity index (χ1) is 7.89. The van der Waals surface area contributed by atoms with Crippen LogP contribution in [-0.4, -0.2) is 12.7 Å². The molecule has 0 saturated carbocycles. The van der Waals surface area contributed by atoms with E-state index in [1.54, 1.807) is 0 Å². The third kappa shape index (κ3) is 2.72. The molecule has 2 rings (SSSR count). The van der Waals surface area contributed by atoms with E-state index in [9.17, 15) is 0 Å². The van der Waals surface area contributed by atoms with Gasteiger partial charge in [-0.25, -0.2) is 0 Å². The van der Waals surface area contributed by atoms with Gasteiger partial charge in [-0.1, -0.05) is 20.8 Å². The summed E-state index contributed by atoms with van der Waals surface area (Å²) in [7, 11) is 0. The molecule has 1 aromatic heterocycles. The van der Waals surface area contributed by atoms with Crippen LogP contribution in [0.2, 0.25) is 0 Å². The van der Waals surface area contributed by atoms with Gasteiger partial charge in [-0.3, -0.25) is 0 Å². The molecule has 0 bridgehead atoms. The van der Waals surface area contributed by atoms with E-state index in [1.165, 1.54) is 9.75 Å². The summed E-state index contributed by atoms with van der Waals surface area (Å²) in [5.74, 6) is 0.474. The summed E-state index contributed by atoms with van der Waals surface area (Å²) in [6.07, 6.45) is 1.38. The SMILES string of the molecule is CC1OCCC1C(N)c1ccc(C(C)(C)C)s1. The van der Waals surface area contributed by atoms with Gasteiger partial charge in [0.1, 0.15) is 0 Å². The van der Waals surface area contributed by atoms with Crippen molar-refractivity contribution in [3.8, 4) is 0 Å². The molecule has 1 saturated heterocycles. The van der Waals surface area contributed by atoms with Gasteiger partial charge < -0.3 is 10.5 Å². The van der Waals surface area contributed by atoms with Crippen molar-refractivity contribution in [1.82, 2.24) is 0 Å². The Labute approximate surface area is 108 Å². The average molecular weight is 253 g/mol. The van der Waals surface area contributed by atoms with Gasteiger partial charge in [0.25, 0.3) is 0 Å². The standard InChI is InChI=1S/C14H23NOS/c1-9-10(7-8-16-9)13(15)11-5-6-12(17-11)14(2,3)4/h5-6,9-10,13H,7-8,15H2,1-4H3. The second-order valence-corrected chi connectivity index (χ2v) is 7.12. The Hall–Kier alpha value is -0.380. The van der Waals surface area contributed by atoms with Gasteiger partial charge in [0.2, 0.25) is 0 Å². The zero-order chi connectivity index (χ0) is 12.6. The molecule has 0 amide bonds. The van der Waals surface area contributed by atoms with E-state index < -0.39 is 0 Å². The maximum absolute atomic E-state index is 6.38. The van der Waals surface area contributed by atoms with Gasteiger partial charge in [0, 0.05) is 28.3 Å². The molecule has 2 heterocycles. The van der Waals surface area contributed by atoms with Crippen molar-refractivity contribution in [3.63, 3.8) is 0 Å². The van der Waals surface area contributed by atoms with Gasteiger partial charge in [0.05, 0.1) is 6.10 Å². The summed E-state index contributed by atoms with van der Waals surface area (Å²) in [5, 5.41) is 0. The van der Waals surface area contributed by atoms with Crippen LogP contribution < -0.4 is 5.73 Å². The fourth-order valence-electron chi connectivity index (χ4n) is 2.37. The first-order valence-electron chi connectivity index (χ1n) is 6.37. The molecule has 17 heavy (non-hydrogen) atoms. The van der Waals surface area contributed by atoms with Crippen molar-refractivity contribution in [2.24, 2.45) is 11.7 Å². The highest BCUT2D eigenvalue weighted by molar-refractivity contribution is 7.12. The molecule has 0 aromatic carbocycles. The van der Waals surface area contributed by atoms with Crippen molar-refractivity contribution in [1.29, 1.82) is 0 Å². The quantitative estimate of drug-likeness (QED) is 0.876. The smallest absolute Gasteiger partial charge is 0.0594 e. The average Bonchev–Trinajstić information content (AvgIpc) is 2.83. The fourth-order valence-corrected chi connectivity index (χ4v) is 3.51. The first-order valence-corrected chi connectivity index (χ1v) is 7.18. The second kappa shape index (κ2) is 4.71. The minimum absolute atomic E-state index is 0.133. The lowest BCUT2D eigenvalue weighted by Gasteiger charge is -2.21. The van der Waals surface area contributed by atoms with Gasteiger partial charge in [-0.15, -0.1) is 11.3 Å². The molecule has 2 N–H and O–H groups in total. The molecule has 0 aliphatic carbocycles. The largest absolute Gasteiger partial charge is 0.378 e.